The normalized spacial score (nSPS) is 10.1. The van der Waals surface area contributed by atoms with Crippen LogP contribution in [0.25, 0.3) is 0 Å². The smallest absolute Gasteiger partial charge is 0.258 e. The second kappa shape index (κ2) is 8.49. The highest BCUT2D eigenvalue weighted by molar-refractivity contribution is 5.77. The molecular weight excluding hydrogens is 316 g/mol. The molecule has 0 bridgehead atoms. The lowest BCUT2D eigenvalue weighted by molar-refractivity contribution is -0.123. The number of aromatic nitrogens is 1. The van der Waals surface area contributed by atoms with Gasteiger partial charge in [0.1, 0.15) is 11.5 Å². The van der Waals surface area contributed by atoms with E-state index in [9.17, 15) is 4.79 Å². The number of ether oxygens (including phenoxy) is 2. The first-order valence-corrected chi connectivity index (χ1v) is 7.92. The molecule has 126 valence electrons. The van der Waals surface area contributed by atoms with Crippen molar-refractivity contribution in [3.8, 4) is 17.4 Å². The summed E-state index contributed by atoms with van der Waals surface area (Å²) in [4.78, 5) is 15.9. The SMILES string of the molecule is O=C(COc1ccc(Oc2ccccn2)cc1)NCc1ccccc1. The highest BCUT2D eigenvalue weighted by Gasteiger charge is 2.04. The van der Waals surface area contributed by atoms with Gasteiger partial charge >= 0.3 is 0 Å². The summed E-state index contributed by atoms with van der Waals surface area (Å²) < 4.78 is 11.1. The molecule has 3 rings (SSSR count). The van der Waals surface area contributed by atoms with E-state index >= 15 is 0 Å². The lowest BCUT2D eigenvalue weighted by Crippen LogP contribution is -2.28. The van der Waals surface area contributed by atoms with Crippen molar-refractivity contribution in [3.63, 3.8) is 0 Å². The molecule has 5 nitrogen and oxygen atoms in total. The van der Waals surface area contributed by atoms with Crippen molar-refractivity contribution < 1.29 is 14.3 Å². The van der Waals surface area contributed by atoms with Crippen molar-refractivity contribution >= 4 is 5.91 Å². The van der Waals surface area contributed by atoms with Crippen LogP contribution >= 0.6 is 0 Å². The first-order valence-electron chi connectivity index (χ1n) is 7.92. The summed E-state index contributed by atoms with van der Waals surface area (Å²) in [7, 11) is 0. The molecule has 5 heteroatoms. The molecule has 1 heterocycles. The molecule has 25 heavy (non-hydrogen) atoms. The molecule has 0 spiro atoms. The lowest BCUT2D eigenvalue weighted by Gasteiger charge is -2.09. The zero-order chi connectivity index (χ0) is 17.3. The van der Waals surface area contributed by atoms with Gasteiger partial charge in [-0.2, -0.15) is 0 Å². The largest absolute Gasteiger partial charge is 0.484 e. The Morgan fingerprint density at radius 3 is 2.32 bits per heavy atom. The third-order valence-corrected chi connectivity index (χ3v) is 3.39. The second-order valence-corrected chi connectivity index (χ2v) is 5.29. The maximum Gasteiger partial charge on any atom is 0.258 e. The summed E-state index contributed by atoms with van der Waals surface area (Å²) in [6, 6.07) is 22.2. The summed E-state index contributed by atoms with van der Waals surface area (Å²) in [5.41, 5.74) is 1.05. The van der Waals surface area contributed by atoms with E-state index in [2.05, 4.69) is 10.3 Å². The van der Waals surface area contributed by atoms with Gasteiger partial charge < -0.3 is 14.8 Å². The fourth-order valence-electron chi connectivity index (χ4n) is 2.13. The number of carbonyl (C=O) groups is 1. The van der Waals surface area contributed by atoms with E-state index in [1.807, 2.05) is 42.5 Å². The Morgan fingerprint density at radius 1 is 0.880 bits per heavy atom. The standard InChI is InChI=1S/C20H18N2O3/c23-19(22-14-16-6-2-1-3-7-16)15-24-17-9-11-18(12-10-17)25-20-8-4-5-13-21-20/h1-13H,14-15H2,(H,22,23). The minimum atomic E-state index is -0.169. The van der Waals surface area contributed by atoms with Crippen LogP contribution in [-0.4, -0.2) is 17.5 Å². The predicted octanol–water partition coefficient (Wildman–Crippen LogP) is 3.57. The van der Waals surface area contributed by atoms with Crippen molar-refractivity contribution in [2.45, 2.75) is 6.54 Å². The van der Waals surface area contributed by atoms with Crippen LogP contribution in [0.15, 0.2) is 79.0 Å². The summed E-state index contributed by atoms with van der Waals surface area (Å²) in [5.74, 6) is 1.61. The molecule has 0 saturated carbocycles. The summed E-state index contributed by atoms with van der Waals surface area (Å²) in [5, 5.41) is 2.82. The molecule has 3 aromatic rings. The molecule has 0 aliphatic rings. The number of nitrogens with one attached hydrogen (secondary N) is 1. The molecule has 0 saturated heterocycles. The Labute approximate surface area is 146 Å². The van der Waals surface area contributed by atoms with Crippen LogP contribution in [0.1, 0.15) is 5.56 Å². The Hall–Kier alpha value is -3.34. The number of pyridine rings is 1. The predicted molar refractivity (Wildman–Crippen MR) is 94.5 cm³/mol. The van der Waals surface area contributed by atoms with E-state index in [1.54, 1.807) is 36.5 Å². The van der Waals surface area contributed by atoms with Crippen LogP contribution in [0, 0.1) is 0 Å². The molecule has 1 amide bonds. The quantitative estimate of drug-likeness (QED) is 0.717. The van der Waals surface area contributed by atoms with Gasteiger partial charge in [-0.05, 0) is 35.9 Å². The number of hydrogen-bond acceptors (Lipinski definition) is 4. The van der Waals surface area contributed by atoms with Crippen LogP contribution in [0.5, 0.6) is 17.4 Å². The fraction of sp³-hybridized carbons (Fsp3) is 0.100. The van der Waals surface area contributed by atoms with Crippen molar-refractivity contribution in [2.75, 3.05) is 6.61 Å². The van der Waals surface area contributed by atoms with Crippen LogP contribution in [0.3, 0.4) is 0 Å². The first-order chi connectivity index (χ1) is 12.3. The van der Waals surface area contributed by atoms with Crippen LogP contribution in [0.2, 0.25) is 0 Å². The molecule has 2 aromatic carbocycles. The average Bonchev–Trinajstić information content (AvgIpc) is 2.67. The van der Waals surface area contributed by atoms with E-state index in [-0.39, 0.29) is 12.5 Å². The lowest BCUT2D eigenvalue weighted by atomic mass is 10.2. The van der Waals surface area contributed by atoms with Crippen molar-refractivity contribution in [3.05, 3.63) is 84.6 Å². The number of carbonyl (C=O) groups excluding carboxylic acids is 1. The molecule has 0 aliphatic heterocycles. The van der Waals surface area contributed by atoms with Crippen LogP contribution < -0.4 is 14.8 Å². The van der Waals surface area contributed by atoms with Crippen molar-refractivity contribution in [1.82, 2.24) is 10.3 Å². The van der Waals surface area contributed by atoms with Gasteiger partial charge in [0.15, 0.2) is 6.61 Å². The fourth-order valence-corrected chi connectivity index (χ4v) is 2.13. The van der Waals surface area contributed by atoms with Gasteiger partial charge in [0.05, 0.1) is 0 Å². The molecule has 0 radical (unpaired) electrons. The van der Waals surface area contributed by atoms with E-state index in [0.29, 0.717) is 23.9 Å². The second-order valence-electron chi connectivity index (χ2n) is 5.29. The zero-order valence-electron chi connectivity index (χ0n) is 13.6. The Bertz CT molecular complexity index is 790. The third-order valence-electron chi connectivity index (χ3n) is 3.39. The Morgan fingerprint density at radius 2 is 1.60 bits per heavy atom. The van der Waals surface area contributed by atoms with Gasteiger partial charge in [0.2, 0.25) is 5.88 Å². The Balaban J connectivity index is 1.44. The first kappa shape index (κ1) is 16.5. The van der Waals surface area contributed by atoms with Crippen molar-refractivity contribution in [2.24, 2.45) is 0 Å². The maximum absolute atomic E-state index is 11.8. The highest BCUT2D eigenvalue weighted by Crippen LogP contribution is 2.22. The highest BCUT2D eigenvalue weighted by atomic mass is 16.5. The van der Waals surface area contributed by atoms with Crippen molar-refractivity contribution in [1.29, 1.82) is 0 Å². The van der Waals surface area contributed by atoms with Gasteiger partial charge in [0, 0.05) is 18.8 Å². The van der Waals surface area contributed by atoms with Gasteiger partial charge in [-0.3, -0.25) is 4.79 Å². The van der Waals surface area contributed by atoms with E-state index in [1.165, 1.54) is 0 Å². The monoisotopic (exact) mass is 334 g/mol. The maximum atomic E-state index is 11.8. The van der Waals surface area contributed by atoms with Gasteiger partial charge in [0.25, 0.3) is 5.91 Å². The minimum absolute atomic E-state index is 0.0344. The van der Waals surface area contributed by atoms with Crippen LogP contribution in [0.4, 0.5) is 0 Å². The molecule has 1 aromatic heterocycles. The zero-order valence-corrected chi connectivity index (χ0v) is 13.6. The van der Waals surface area contributed by atoms with Crippen LogP contribution in [-0.2, 0) is 11.3 Å². The Kier molecular flexibility index (Phi) is 5.61. The topological polar surface area (TPSA) is 60.5 Å². The number of hydrogen-bond donors (Lipinski definition) is 1. The number of amides is 1. The minimum Gasteiger partial charge on any atom is -0.484 e. The molecule has 0 unspecified atom stereocenters. The number of nitrogens with zero attached hydrogens (tertiary/aromatic N) is 1. The van der Waals surface area contributed by atoms with Gasteiger partial charge in [-0.15, -0.1) is 0 Å². The third kappa shape index (κ3) is 5.35. The van der Waals surface area contributed by atoms with Gasteiger partial charge in [-0.1, -0.05) is 36.4 Å². The van der Waals surface area contributed by atoms with Gasteiger partial charge in [-0.25, -0.2) is 4.98 Å². The average molecular weight is 334 g/mol. The molecule has 0 aliphatic carbocycles. The molecule has 0 atom stereocenters. The molecular formula is C20H18N2O3. The van der Waals surface area contributed by atoms with E-state index in [0.717, 1.165) is 5.56 Å². The molecule has 1 N–H and O–H groups in total. The van der Waals surface area contributed by atoms with E-state index in [4.69, 9.17) is 9.47 Å². The molecule has 0 fully saturated rings. The summed E-state index contributed by atoms with van der Waals surface area (Å²) >= 11 is 0. The van der Waals surface area contributed by atoms with E-state index < -0.39 is 0 Å². The number of rotatable bonds is 7. The summed E-state index contributed by atoms with van der Waals surface area (Å²) in [6.45, 7) is 0.452. The number of benzene rings is 2. The summed E-state index contributed by atoms with van der Waals surface area (Å²) in [6.07, 6.45) is 1.67.